The number of ether oxygens (including phenoxy) is 2. The molecule has 1 heterocycles. The molecule has 5 rings (SSSR count). The molecule has 38 heavy (non-hydrogen) atoms. The fraction of sp³-hybridized carbons (Fsp3) is 0.968. The van der Waals surface area contributed by atoms with Crippen LogP contribution >= 0.6 is 0 Å². The van der Waals surface area contributed by atoms with E-state index < -0.39 is 41.5 Å². The van der Waals surface area contributed by atoms with Crippen LogP contribution in [-0.2, 0) is 14.3 Å². The van der Waals surface area contributed by atoms with Gasteiger partial charge in [-0.15, -0.1) is 0 Å². The zero-order valence-electron chi connectivity index (χ0n) is 24.7. The maximum Gasteiger partial charge on any atom is 0.303 e. The van der Waals surface area contributed by atoms with E-state index in [9.17, 15) is 20.1 Å². The van der Waals surface area contributed by atoms with E-state index in [-0.39, 0.29) is 40.1 Å². The number of aliphatic hydroxyl groups excluding tert-OH is 2. The number of fused-ring (bicyclic) bond motifs is 5. The summed E-state index contributed by atoms with van der Waals surface area (Å²) in [7, 11) is 0. The molecule has 1 spiro atoms. The molecule has 5 fully saturated rings. The largest absolute Gasteiger partial charge is 0.457 e. The fourth-order valence-electron chi connectivity index (χ4n) is 10.6. The van der Waals surface area contributed by atoms with Crippen molar-refractivity contribution in [2.75, 3.05) is 0 Å². The molecule has 0 aromatic carbocycles. The lowest BCUT2D eigenvalue weighted by Crippen LogP contribution is -2.71. The first-order valence-electron chi connectivity index (χ1n) is 15.2. The lowest BCUT2D eigenvalue weighted by Gasteiger charge is -2.65. The van der Waals surface area contributed by atoms with Crippen molar-refractivity contribution in [2.24, 2.45) is 45.7 Å². The first-order chi connectivity index (χ1) is 17.5. The van der Waals surface area contributed by atoms with Crippen LogP contribution < -0.4 is 5.73 Å². The van der Waals surface area contributed by atoms with Crippen LogP contribution in [0.5, 0.6) is 0 Å². The zero-order valence-corrected chi connectivity index (χ0v) is 24.7. The first-order valence-corrected chi connectivity index (χ1v) is 15.2. The molecule has 2 bridgehead atoms. The van der Waals surface area contributed by atoms with Gasteiger partial charge in [0, 0.05) is 6.92 Å². The number of rotatable bonds is 3. The normalized spacial score (nSPS) is 51.0. The maximum atomic E-state index is 12.2. The fourth-order valence-corrected chi connectivity index (χ4v) is 10.6. The highest BCUT2D eigenvalue weighted by Gasteiger charge is 2.75. The Morgan fingerprint density at radius 2 is 1.79 bits per heavy atom. The Labute approximate surface area is 229 Å². The number of carbonyl (C=O) groups is 1. The second-order valence-corrected chi connectivity index (χ2v) is 15.5. The van der Waals surface area contributed by atoms with Gasteiger partial charge in [0.15, 0.2) is 6.10 Å². The van der Waals surface area contributed by atoms with Crippen molar-refractivity contribution in [3.05, 3.63) is 0 Å². The molecular weight excluding hydrogens is 482 g/mol. The minimum Gasteiger partial charge on any atom is -0.457 e. The van der Waals surface area contributed by atoms with E-state index in [4.69, 9.17) is 15.2 Å². The predicted molar refractivity (Wildman–Crippen MR) is 145 cm³/mol. The molecule has 5 aliphatic rings. The Kier molecular flexibility index (Phi) is 6.92. The summed E-state index contributed by atoms with van der Waals surface area (Å²) < 4.78 is 12.3. The quantitative estimate of drug-likeness (QED) is 0.404. The molecule has 1 aliphatic heterocycles. The number of hydrogen-bond donors (Lipinski definition) is 4. The van der Waals surface area contributed by atoms with E-state index in [1.807, 2.05) is 0 Å². The second-order valence-electron chi connectivity index (χ2n) is 15.5. The summed E-state index contributed by atoms with van der Waals surface area (Å²) in [6, 6.07) is 0. The molecule has 1 saturated heterocycles. The summed E-state index contributed by atoms with van der Waals surface area (Å²) in [6.45, 7) is 13.6. The van der Waals surface area contributed by atoms with E-state index in [0.717, 1.165) is 51.4 Å². The van der Waals surface area contributed by atoms with Crippen LogP contribution in [0.4, 0.5) is 0 Å². The molecule has 12 atom stereocenters. The molecule has 0 radical (unpaired) electrons. The summed E-state index contributed by atoms with van der Waals surface area (Å²) in [5, 5.41) is 34.0. The molecule has 4 aliphatic carbocycles. The van der Waals surface area contributed by atoms with E-state index in [1.165, 1.54) is 6.92 Å². The zero-order chi connectivity index (χ0) is 28.1. The summed E-state index contributed by atoms with van der Waals surface area (Å²) >= 11 is 0. The Balaban J connectivity index is 1.49. The van der Waals surface area contributed by atoms with Crippen LogP contribution in [0.15, 0.2) is 0 Å². The standard InChI is InChI=1S/C31H53NO6/c1-17-15-20(26(28(5,6)36)37-18(2)33)38-24-23(17)29(7)13-14-30-12-8-9-22(34)27(3,4)19(16-30)10-11-21(30)31(29,32)25(24)35/h17,19-26,34-36H,8-16,32H2,1-7H3. The molecule has 7 nitrogen and oxygen atoms in total. The topological polar surface area (TPSA) is 122 Å². The van der Waals surface area contributed by atoms with E-state index in [0.29, 0.717) is 12.3 Å². The number of aliphatic hydroxyl groups is 3. The Morgan fingerprint density at radius 3 is 2.42 bits per heavy atom. The van der Waals surface area contributed by atoms with Crippen LogP contribution in [0.1, 0.15) is 106 Å². The number of nitrogens with two attached hydrogens (primary N) is 1. The van der Waals surface area contributed by atoms with E-state index in [2.05, 4.69) is 27.7 Å². The average molecular weight is 536 g/mol. The van der Waals surface area contributed by atoms with Gasteiger partial charge in [-0.1, -0.05) is 34.1 Å². The third kappa shape index (κ3) is 3.96. The summed E-state index contributed by atoms with van der Waals surface area (Å²) in [4.78, 5) is 11.9. The number of hydrogen-bond acceptors (Lipinski definition) is 7. The molecule has 4 saturated carbocycles. The molecule has 0 amide bonds. The Bertz CT molecular complexity index is 932. The summed E-state index contributed by atoms with van der Waals surface area (Å²) in [6.07, 6.45) is 5.80. The molecule has 0 aromatic heterocycles. The van der Waals surface area contributed by atoms with Crippen LogP contribution in [0.3, 0.4) is 0 Å². The lowest BCUT2D eigenvalue weighted by atomic mass is 9.41. The van der Waals surface area contributed by atoms with Gasteiger partial charge in [0.2, 0.25) is 0 Å². The van der Waals surface area contributed by atoms with Crippen molar-refractivity contribution in [1.29, 1.82) is 0 Å². The van der Waals surface area contributed by atoms with Gasteiger partial charge >= 0.3 is 5.97 Å². The molecule has 5 N–H and O–H groups in total. The second kappa shape index (κ2) is 9.14. The van der Waals surface area contributed by atoms with Crippen LogP contribution in [0, 0.1) is 39.9 Å². The summed E-state index contributed by atoms with van der Waals surface area (Å²) in [5.74, 6) is 0.499. The van der Waals surface area contributed by atoms with Gasteiger partial charge in [-0.2, -0.15) is 0 Å². The first kappa shape index (κ1) is 28.8. The van der Waals surface area contributed by atoms with Crippen LogP contribution in [0.2, 0.25) is 0 Å². The van der Waals surface area contributed by atoms with Gasteiger partial charge in [-0.25, -0.2) is 0 Å². The third-order valence-corrected chi connectivity index (χ3v) is 12.7. The minimum atomic E-state index is -1.28. The minimum absolute atomic E-state index is 0.0824. The van der Waals surface area contributed by atoms with Crippen molar-refractivity contribution in [1.82, 2.24) is 0 Å². The molecule has 12 unspecified atom stereocenters. The summed E-state index contributed by atoms with van der Waals surface area (Å²) in [5.41, 5.74) is 5.25. The highest BCUT2D eigenvalue weighted by atomic mass is 16.6. The average Bonchev–Trinajstić information content (AvgIpc) is 2.99. The Hall–Kier alpha value is -0.730. The van der Waals surface area contributed by atoms with Crippen LogP contribution in [0.25, 0.3) is 0 Å². The predicted octanol–water partition coefficient (Wildman–Crippen LogP) is 3.94. The van der Waals surface area contributed by atoms with Crippen molar-refractivity contribution >= 4 is 5.97 Å². The van der Waals surface area contributed by atoms with Crippen molar-refractivity contribution in [3.8, 4) is 0 Å². The van der Waals surface area contributed by atoms with Crippen molar-refractivity contribution < 1.29 is 29.6 Å². The van der Waals surface area contributed by atoms with E-state index in [1.54, 1.807) is 13.8 Å². The number of esters is 1. The van der Waals surface area contributed by atoms with Gasteiger partial charge in [-0.05, 0) is 105 Å². The molecule has 0 aromatic rings. The van der Waals surface area contributed by atoms with Gasteiger partial charge in [0.1, 0.15) is 0 Å². The molecule has 218 valence electrons. The third-order valence-electron chi connectivity index (χ3n) is 12.7. The smallest absolute Gasteiger partial charge is 0.303 e. The van der Waals surface area contributed by atoms with E-state index >= 15 is 0 Å². The van der Waals surface area contributed by atoms with Gasteiger partial charge in [0.25, 0.3) is 0 Å². The van der Waals surface area contributed by atoms with Crippen molar-refractivity contribution in [3.63, 3.8) is 0 Å². The monoisotopic (exact) mass is 535 g/mol. The highest BCUT2D eigenvalue weighted by molar-refractivity contribution is 5.66. The SMILES string of the molecule is CC(=O)OC(C1CC(C)C2C(O1)C(O)C1(N)C3CCC4CC3(CCCC(O)C4(C)C)CCC21C)C(C)(C)O. The van der Waals surface area contributed by atoms with Crippen LogP contribution in [-0.4, -0.2) is 62.9 Å². The van der Waals surface area contributed by atoms with Gasteiger partial charge in [0.05, 0.1) is 35.6 Å². The maximum absolute atomic E-state index is 12.2. The van der Waals surface area contributed by atoms with Gasteiger partial charge < -0.3 is 30.5 Å². The Morgan fingerprint density at radius 1 is 1.11 bits per heavy atom. The highest BCUT2D eigenvalue weighted by Crippen LogP contribution is 2.71. The number of carbonyl (C=O) groups excluding carboxylic acids is 1. The molecule has 7 heteroatoms. The van der Waals surface area contributed by atoms with Crippen molar-refractivity contribution in [2.45, 2.75) is 148 Å². The lowest BCUT2D eigenvalue weighted by molar-refractivity contribution is -0.216. The molecular formula is C31H53NO6. The van der Waals surface area contributed by atoms with Gasteiger partial charge in [-0.3, -0.25) is 4.79 Å².